The van der Waals surface area contributed by atoms with Crippen molar-refractivity contribution in [1.29, 1.82) is 0 Å². The Kier molecular flexibility index (Phi) is 5.17. The quantitative estimate of drug-likeness (QED) is 0.889. The molecule has 2 nitrogen and oxygen atoms in total. The topological polar surface area (TPSA) is 29.3 Å². The second kappa shape index (κ2) is 6.68. The van der Waals surface area contributed by atoms with E-state index in [4.69, 9.17) is 5.73 Å². The predicted molar refractivity (Wildman–Crippen MR) is 82.0 cm³/mol. The van der Waals surface area contributed by atoms with E-state index in [1.807, 2.05) is 6.07 Å². The molecule has 20 heavy (non-hydrogen) atoms. The Morgan fingerprint density at radius 1 is 1.20 bits per heavy atom. The van der Waals surface area contributed by atoms with Crippen LogP contribution in [0, 0.1) is 11.2 Å². The minimum atomic E-state index is -0.230. The number of nitrogens with zero attached hydrogens (tertiary/aromatic N) is 1. The third-order valence-corrected chi connectivity index (χ3v) is 5.18. The highest BCUT2D eigenvalue weighted by Crippen LogP contribution is 2.38. The molecule has 0 bridgehead atoms. The van der Waals surface area contributed by atoms with Gasteiger partial charge in [0, 0.05) is 18.2 Å². The van der Waals surface area contributed by atoms with E-state index in [0.29, 0.717) is 11.0 Å². The van der Waals surface area contributed by atoms with E-state index in [9.17, 15) is 4.39 Å². The Balaban J connectivity index is 1.91. The largest absolute Gasteiger partial charge is 0.323 e. The molecule has 0 aromatic heterocycles. The number of benzene rings is 1. The number of nitrogens with two attached hydrogens (primary N) is 1. The van der Waals surface area contributed by atoms with Crippen LogP contribution in [-0.4, -0.2) is 24.5 Å². The summed E-state index contributed by atoms with van der Waals surface area (Å²) in [6, 6.07) is 6.63. The van der Waals surface area contributed by atoms with Crippen LogP contribution in [0.3, 0.4) is 0 Å². The smallest absolute Gasteiger partial charge is 0.128 e. The van der Waals surface area contributed by atoms with Crippen molar-refractivity contribution in [3.63, 3.8) is 0 Å². The number of piperidine rings is 1. The van der Waals surface area contributed by atoms with Gasteiger partial charge in [0.2, 0.25) is 0 Å². The SMILES string of the molecule is CCC1(CC)CCN(CC(N)c2ccccc2F)CC1. The zero-order chi connectivity index (χ0) is 14.6. The Morgan fingerprint density at radius 2 is 1.80 bits per heavy atom. The van der Waals surface area contributed by atoms with Gasteiger partial charge in [0.1, 0.15) is 5.82 Å². The standard InChI is InChI=1S/C17H27FN2/c1-3-17(4-2)9-11-20(12-10-17)13-16(19)14-7-5-6-8-15(14)18/h5-8,16H,3-4,9-13,19H2,1-2H3. The van der Waals surface area contributed by atoms with E-state index in [1.165, 1.54) is 31.7 Å². The first-order valence-electron chi connectivity index (χ1n) is 7.82. The molecule has 2 rings (SSSR count). The van der Waals surface area contributed by atoms with E-state index in [1.54, 1.807) is 12.1 Å². The van der Waals surface area contributed by atoms with Gasteiger partial charge in [-0.2, -0.15) is 0 Å². The monoisotopic (exact) mass is 278 g/mol. The molecule has 2 N–H and O–H groups in total. The van der Waals surface area contributed by atoms with Crippen LogP contribution in [0.2, 0.25) is 0 Å². The summed E-state index contributed by atoms with van der Waals surface area (Å²) in [7, 11) is 0. The average Bonchev–Trinajstić information content (AvgIpc) is 2.49. The molecule has 1 unspecified atom stereocenters. The van der Waals surface area contributed by atoms with E-state index in [-0.39, 0.29) is 11.9 Å². The molecule has 0 saturated carbocycles. The Morgan fingerprint density at radius 3 is 2.35 bits per heavy atom. The van der Waals surface area contributed by atoms with Crippen LogP contribution in [0.5, 0.6) is 0 Å². The van der Waals surface area contributed by atoms with Gasteiger partial charge in [0.05, 0.1) is 0 Å². The molecule has 1 fully saturated rings. The molecule has 1 saturated heterocycles. The highest BCUT2D eigenvalue weighted by atomic mass is 19.1. The molecule has 1 aromatic carbocycles. The molecule has 3 heteroatoms. The van der Waals surface area contributed by atoms with Crippen LogP contribution in [0.15, 0.2) is 24.3 Å². The molecule has 1 aromatic rings. The summed E-state index contributed by atoms with van der Waals surface area (Å²) < 4.78 is 13.7. The Labute approximate surface area is 122 Å². The van der Waals surface area contributed by atoms with Crippen molar-refractivity contribution in [1.82, 2.24) is 4.90 Å². The van der Waals surface area contributed by atoms with Crippen LogP contribution in [-0.2, 0) is 0 Å². The molecule has 1 atom stereocenters. The zero-order valence-corrected chi connectivity index (χ0v) is 12.7. The minimum absolute atomic E-state index is 0.187. The van der Waals surface area contributed by atoms with Gasteiger partial charge in [-0.05, 0) is 37.4 Å². The average molecular weight is 278 g/mol. The van der Waals surface area contributed by atoms with Crippen molar-refractivity contribution >= 4 is 0 Å². The summed E-state index contributed by atoms with van der Waals surface area (Å²) in [5, 5.41) is 0. The third kappa shape index (κ3) is 3.39. The summed E-state index contributed by atoms with van der Waals surface area (Å²) in [6.07, 6.45) is 5.00. The molecule has 1 aliphatic heterocycles. The van der Waals surface area contributed by atoms with Crippen molar-refractivity contribution in [2.45, 2.75) is 45.6 Å². The van der Waals surface area contributed by atoms with Crippen molar-refractivity contribution in [2.75, 3.05) is 19.6 Å². The summed E-state index contributed by atoms with van der Waals surface area (Å²) >= 11 is 0. The molecular formula is C17H27FN2. The second-order valence-corrected chi connectivity index (χ2v) is 6.14. The normalized spacial score (nSPS) is 20.8. The maximum absolute atomic E-state index is 13.7. The lowest BCUT2D eigenvalue weighted by Gasteiger charge is -2.41. The lowest BCUT2D eigenvalue weighted by atomic mass is 9.74. The van der Waals surface area contributed by atoms with Gasteiger partial charge in [-0.25, -0.2) is 4.39 Å². The lowest BCUT2D eigenvalue weighted by molar-refractivity contribution is 0.0912. The van der Waals surface area contributed by atoms with Crippen LogP contribution in [0.1, 0.15) is 51.1 Å². The zero-order valence-electron chi connectivity index (χ0n) is 12.7. The van der Waals surface area contributed by atoms with Gasteiger partial charge in [0.15, 0.2) is 0 Å². The molecule has 1 heterocycles. The van der Waals surface area contributed by atoms with Crippen LogP contribution < -0.4 is 5.73 Å². The van der Waals surface area contributed by atoms with Gasteiger partial charge < -0.3 is 10.6 Å². The van der Waals surface area contributed by atoms with Crippen molar-refractivity contribution in [2.24, 2.45) is 11.1 Å². The summed E-state index contributed by atoms with van der Waals surface area (Å²) in [5.74, 6) is -0.187. The minimum Gasteiger partial charge on any atom is -0.323 e. The van der Waals surface area contributed by atoms with Gasteiger partial charge >= 0.3 is 0 Å². The number of hydrogen-bond donors (Lipinski definition) is 1. The lowest BCUT2D eigenvalue weighted by Crippen LogP contribution is -2.42. The molecule has 0 radical (unpaired) electrons. The third-order valence-electron chi connectivity index (χ3n) is 5.18. The maximum atomic E-state index is 13.7. The molecule has 1 aliphatic rings. The van der Waals surface area contributed by atoms with E-state index < -0.39 is 0 Å². The fourth-order valence-electron chi connectivity index (χ4n) is 3.32. The van der Waals surface area contributed by atoms with E-state index in [0.717, 1.165) is 19.6 Å². The first-order valence-corrected chi connectivity index (χ1v) is 7.82. The second-order valence-electron chi connectivity index (χ2n) is 6.14. The summed E-state index contributed by atoms with van der Waals surface area (Å²) in [6.45, 7) is 7.52. The van der Waals surface area contributed by atoms with Gasteiger partial charge in [0.25, 0.3) is 0 Å². The molecule has 0 spiro atoms. The number of hydrogen-bond acceptors (Lipinski definition) is 2. The summed E-state index contributed by atoms with van der Waals surface area (Å²) in [4.78, 5) is 2.39. The summed E-state index contributed by atoms with van der Waals surface area (Å²) in [5.41, 5.74) is 7.34. The Bertz CT molecular complexity index is 419. The van der Waals surface area contributed by atoms with E-state index >= 15 is 0 Å². The van der Waals surface area contributed by atoms with Crippen LogP contribution in [0.25, 0.3) is 0 Å². The highest BCUT2D eigenvalue weighted by Gasteiger charge is 2.31. The maximum Gasteiger partial charge on any atom is 0.128 e. The first kappa shape index (κ1) is 15.5. The molecule has 0 amide bonds. The highest BCUT2D eigenvalue weighted by molar-refractivity contribution is 5.21. The number of rotatable bonds is 5. The van der Waals surface area contributed by atoms with Gasteiger partial charge in [-0.3, -0.25) is 0 Å². The Hall–Kier alpha value is -0.930. The van der Waals surface area contributed by atoms with Crippen molar-refractivity contribution in [3.05, 3.63) is 35.6 Å². The van der Waals surface area contributed by atoms with Gasteiger partial charge in [-0.1, -0.05) is 44.9 Å². The molecule has 112 valence electrons. The fourth-order valence-corrected chi connectivity index (χ4v) is 3.32. The van der Waals surface area contributed by atoms with Crippen LogP contribution in [0.4, 0.5) is 4.39 Å². The van der Waals surface area contributed by atoms with Crippen molar-refractivity contribution < 1.29 is 4.39 Å². The molecule has 0 aliphatic carbocycles. The van der Waals surface area contributed by atoms with E-state index in [2.05, 4.69) is 18.7 Å². The fraction of sp³-hybridized carbons (Fsp3) is 0.647. The predicted octanol–water partition coefficient (Wildman–Crippen LogP) is 3.73. The van der Waals surface area contributed by atoms with Crippen LogP contribution >= 0.6 is 0 Å². The number of halogens is 1. The van der Waals surface area contributed by atoms with Gasteiger partial charge in [-0.15, -0.1) is 0 Å². The number of likely N-dealkylation sites (tertiary alicyclic amines) is 1. The first-order chi connectivity index (χ1) is 9.60. The van der Waals surface area contributed by atoms with Crippen molar-refractivity contribution in [3.8, 4) is 0 Å². The molecular weight excluding hydrogens is 251 g/mol.